The van der Waals surface area contributed by atoms with Crippen LogP contribution in [0.4, 0.5) is 9.59 Å². The van der Waals surface area contributed by atoms with Crippen LogP contribution in [0.3, 0.4) is 0 Å². The topological polar surface area (TPSA) is 130 Å². The number of hydroxylamine groups is 2. The standard InChI is InChI=1S/C22H29N5O6/c1-22(2,3)33-20(29)23-16(12-28)18-24-25-19(32-18)17-10-9-15-11-26(17)21(30)27(15)31-13-14-7-5-4-6-8-14/h4-8,15-17,28H,9-13H2,1-3H3,(H,23,29). The fourth-order valence-electron chi connectivity index (χ4n) is 3.93. The van der Waals surface area contributed by atoms with E-state index in [9.17, 15) is 14.7 Å². The lowest BCUT2D eigenvalue weighted by molar-refractivity contribution is -0.140. The summed E-state index contributed by atoms with van der Waals surface area (Å²) in [6.45, 7) is 5.57. The van der Waals surface area contributed by atoms with Crippen LogP contribution >= 0.6 is 0 Å². The Bertz CT molecular complexity index is 975. The lowest BCUT2D eigenvalue weighted by atomic mass is 10.0. The van der Waals surface area contributed by atoms with Crippen LogP contribution in [0.25, 0.3) is 0 Å². The minimum absolute atomic E-state index is 0.0427. The van der Waals surface area contributed by atoms with Crippen molar-refractivity contribution in [1.82, 2.24) is 25.5 Å². The van der Waals surface area contributed by atoms with Gasteiger partial charge in [-0.1, -0.05) is 30.3 Å². The highest BCUT2D eigenvalue weighted by Crippen LogP contribution is 2.38. The molecule has 0 radical (unpaired) electrons. The summed E-state index contributed by atoms with van der Waals surface area (Å²) in [4.78, 5) is 32.5. The lowest BCUT2D eigenvalue weighted by Gasteiger charge is -2.27. The van der Waals surface area contributed by atoms with E-state index in [4.69, 9.17) is 14.0 Å². The van der Waals surface area contributed by atoms with E-state index in [2.05, 4.69) is 15.5 Å². The molecule has 0 spiro atoms. The molecule has 3 atom stereocenters. The van der Waals surface area contributed by atoms with E-state index < -0.39 is 30.4 Å². The van der Waals surface area contributed by atoms with Crippen LogP contribution in [0.5, 0.6) is 0 Å². The molecule has 2 bridgehead atoms. The molecule has 2 saturated heterocycles. The number of aliphatic hydroxyl groups excluding tert-OH is 1. The number of hydrogen-bond donors (Lipinski definition) is 2. The average molecular weight is 460 g/mol. The number of urea groups is 1. The molecule has 11 nitrogen and oxygen atoms in total. The molecular weight excluding hydrogens is 430 g/mol. The minimum Gasteiger partial charge on any atom is -0.444 e. The summed E-state index contributed by atoms with van der Waals surface area (Å²) >= 11 is 0. The number of fused-ring (bicyclic) bond motifs is 2. The SMILES string of the molecule is CC(C)(C)OC(=O)NC(CO)c1nnc(C2CCC3CN2C(=O)N3OCc2ccccc2)o1. The number of amides is 3. The van der Waals surface area contributed by atoms with Crippen molar-refractivity contribution in [3.05, 3.63) is 47.7 Å². The summed E-state index contributed by atoms with van der Waals surface area (Å²) in [6.07, 6.45) is 0.647. The van der Waals surface area contributed by atoms with Gasteiger partial charge in [-0.3, -0.25) is 4.84 Å². The number of aliphatic hydroxyl groups is 1. The van der Waals surface area contributed by atoms with Gasteiger partial charge < -0.3 is 24.5 Å². The fourth-order valence-corrected chi connectivity index (χ4v) is 3.93. The molecule has 3 heterocycles. The van der Waals surface area contributed by atoms with Crippen molar-refractivity contribution in [2.24, 2.45) is 0 Å². The number of carbonyl (C=O) groups excluding carboxylic acids is 2. The van der Waals surface area contributed by atoms with Gasteiger partial charge in [-0.05, 0) is 39.2 Å². The third kappa shape index (κ3) is 5.25. The number of nitrogens with one attached hydrogen (secondary N) is 1. The maximum absolute atomic E-state index is 13.0. The monoisotopic (exact) mass is 459 g/mol. The lowest BCUT2D eigenvalue weighted by Crippen LogP contribution is -2.36. The number of carbonyl (C=O) groups is 2. The van der Waals surface area contributed by atoms with E-state index in [1.54, 1.807) is 25.7 Å². The van der Waals surface area contributed by atoms with Crippen molar-refractivity contribution in [3.63, 3.8) is 0 Å². The third-order valence-electron chi connectivity index (χ3n) is 5.45. The molecule has 3 amide bonds. The number of nitrogens with zero attached hydrogens (tertiary/aromatic N) is 4. The van der Waals surface area contributed by atoms with E-state index in [0.717, 1.165) is 12.0 Å². The largest absolute Gasteiger partial charge is 0.444 e. The molecule has 2 fully saturated rings. The Morgan fingerprint density at radius 1 is 1.27 bits per heavy atom. The third-order valence-corrected chi connectivity index (χ3v) is 5.45. The molecule has 2 aliphatic rings. The normalized spacial score (nSPS) is 21.3. The van der Waals surface area contributed by atoms with Gasteiger partial charge >= 0.3 is 12.1 Å². The summed E-state index contributed by atoms with van der Waals surface area (Å²) < 4.78 is 11.0. The van der Waals surface area contributed by atoms with Gasteiger partial charge in [0.2, 0.25) is 11.8 Å². The minimum atomic E-state index is -0.919. The molecule has 3 unspecified atom stereocenters. The van der Waals surface area contributed by atoms with E-state index in [-0.39, 0.29) is 23.9 Å². The molecule has 2 aromatic rings. The Morgan fingerprint density at radius 2 is 2.03 bits per heavy atom. The number of ether oxygens (including phenoxy) is 1. The second-order valence-electron chi connectivity index (χ2n) is 9.13. The first-order valence-corrected chi connectivity index (χ1v) is 11.0. The van der Waals surface area contributed by atoms with Crippen LogP contribution in [-0.2, 0) is 16.2 Å². The summed E-state index contributed by atoms with van der Waals surface area (Å²) in [5.74, 6) is 0.301. The van der Waals surface area contributed by atoms with E-state index in [0.29, 0.717) is 19.6 Å². The van der Waals surface area contributed by atoms with Crippen molar-refractivity contribution in [3.8, 4) is 0 Å². The molecule has 4 rings (SSSR count). The first kappa shape index (κ1) is 23.0. The van der Waals surface area contributed by atoms with Crippen molar-refractivity contribution in [2.45, 2.75) is 63.9 Å². The van der Waals surface area contributed by atoms with Gasteiger partial charge in [0.15, 0.2) is 0 Å². The van der Waals surface area contributed by atoms with Gasteiger partial charge in [-0.25, -0.2) is 9.59 Å². The molecule has 178 valence electrons. The molecule has 1 aromatic carbocycles. The van der Waals surface area contributed by atoms with Gasteiger partial charge in [0.1, 0.15) is 24.3 Å². The molecular formula is C22H29N5O6. The first-order chi connectivity index (χ1) is 15.7. The Labute approximate surface area is 191 Å². The zero-order chi connectivity index (χ0) is 23.6. The highest BCUT2D eigenvalue weighted by molar-refractivity contribution is 5.77. The Hall–Kier alpha value is -3.18. The molecule has 2 N–H and O–H groups in total. The van der Waals surface area contributed by atoms with Gasteiger partial charge in [0, 0.05) is 6.54 Å². The van der Waals surface area contributed by atoms with Crippen molar-refractivity contribution in [2.75, 3.05) is 13.2 Å². The molecule has 0 aliphatic carbocycles. The zero-order valence-corrected chi connectivity index (χ0v) is 18.9. The van der Waals surface area contributed by atoms with Gasteiger partial charge in [-0.15, -0.1) is 10.2 Å². The predicted octanol–water partition coefficient (Wildman–Crippen LogP) is 2.70. The van der Waals surface area contributed by atoms with Crippen molar-refractivity contribution in [1.29, 1.82) is 0 Å². The maximum Gasteiger partial charge on any atom is 0.408 e. The second-order valence-corrected chi connectivity index (χ2v) is 9.13. The van der Waals surface area contributed by atoms with Gasteiger partial charge in [0.05, 0.1) is 12.6 Å². The number of alkyl carbamates (subject to hydrolysis) is 1. The van der Waals surface area contributed by atoms with Gasteiger partial charge in [-0.2, -0.15) is 5.06 Å². The highest BCUT2D eigenvalue weighted by atomic mass is 16.7. The van der Waals surface area contributed by atoms with Crippen LogP contribution < -0.4 is 5.32 Å². The van der Waals surface area contributed by atoms with E-state index in [1.165, 1.54) is 5.06 Å². The second kappa shape index (κ2) is 9.36. The van der Waals surface area contributed by atoms with Crippen LogP contribution in [0.15, 0.2) is 34.7 Å². The fraction of sp³-hybridized carbons (Fsp3) is 0.545. The summed E-state index contributed by atoms with van der Waals surface area (Å²) in [5.41, 5.74) is 0.292. The Morgan fingerprint density at radius 3 is 2.73 bits per heavy atom. The Kier molecular flexibility index (Phi) is 6.52. The average Bonchev–Trinajstić information content (AvgIpc) is 3.35. The van der Waals surface area contributed by atoms with Crippen molar-refractivity contribution < 1.29 is 28.7 Å². The molecule has 11 heteroatoms. The van der Waals surface area contributed by atoms with Crippen LogP contribution in [0.2, 0.25) is 0 Å². The first-order valence-electron chi connectivity index (χ1n) is 11.0. The zero-order valence-electron chi connectivity index (χ0n) is 18.9. The number of benzene rings is 1. The van der Waals surface area contributed by atoms with Crippen LogP contribution in [0, 0.1) is 0 Å². The summed E-state index contributed by atoms with van der Waals surface area (Å²) in [7, 11) is 0. The molecule has 0 saturated carbocycles. The molecule has 2 aliphatic heterocycles. The van der Waals surface area contributed by atoms with E-state index >= 15 is 0 Å². The molecule has 1 aromatic heterocycles. The van der Waals surface area contributed by atoms with E-state index in [1.807, 2.05) is 30.3 Å². The van der Waals surface area contributed by atoms with Crippen LogP contribution in [-0.4, -0.2) is 62.2 Å². The summed E-state index contributed by atoms with van der Waals surface area (Å²) in [6, 6.07) is 8.05. The molecule has 33 heavy (non-hydrogen) atoms. The number of rotatable bonds is 7. The number of aromatic nitrogens is 2. The van der Waals surface area contributed by atoms with Gasteiger partial charge in [0.25, 0.3) is 0 Å². The number of hydrogen-bond acceptors (Lipinski definition) is 8. The van der Waals surface area contributed by atoms with Crippen LogP contribution in [0.1, 0.15) is 63.0 Å². The predicted molar refractivity (Wildman–Crippen MR) is 114 cm³/mol. The summed E-state index contributed by atoms with van der Waals surface area (Å²) in [5, 5.41) is 21.7. The number of piperidine rings is 1. The van der Waals surface area contributed by atoms with Crippen molar-refractivity contribution >= 4 is 12.1 Å². The Balaban J connectivity index is 1.40. The highest BCUT2D eigenvalue weighted by Gasteiger charge is 2.47. The quantitative estimate of drug-likeness (QED) is 0.646. The maximum atomic E-state index is 13.0. The smallest absolute Gasteiger partial charge is 0.408 e.